The van der Waals surface area contributed by atoms with Gasteiger partial charge in [-0.3, -0.25) is 0 Å². The van der Waals surface area contributed by atoms with Crippen molar-refractivity contribution < 1.29 is 9.59 Å². The van der Waals surface area contributed by atoms with Gasteiger partial charge in [-0.1, -0.05) is 0 Å². The van der Waals surface area contributed by atoms with Crippen LogP contribution in [0, 0.1) is 0 Å². The second kappa shape index (κ2) is 6.83. The number of aromatic nitrogens is 1. The fourth-order valence-corrected chi connectivity index (χ4v) is 1.42. The van der Waals surface area contributed by atoms with E-state index in [2.05, 4.69) is 15.0 Å². The number of hydrogen-bond donors (Lipinski definition) is 1. The zero-order chi connectivity index (χ0) is 16.2. The summed E-state index contributed by atoms with van der Waals surface area (Å²) >= 11 is 0. The fraction of sp³-hybridized carbons (Fsp3) is 0.429. The Morgan fingerprint density at radius 1 is 0.857 bits per heavy atom. The quantitative estimate of drug-likeness (QED) is 0.845. The summed E-state index contributed by atoms with van der Waals surface area (Å²) in [6.45, 7) is 3.49. The molecule has 0 aliphatic heterocycles. The second-order valence-electron chi connectivity index (χ2n) is 5.03. The van der Waals surface area contributed by atoms with E-state index in [1.54, 1.807) is 54.2 Å². The van der Waals surface area contributed by atoms with E-state index in [9.17, 15) is 9.59 Å². The topological polar surface area (TPSA) is 81.1 Å². The minimum absolute atomic E-state index is 0.322. The van der Waals surface area contributed by atoms with Gasteiger partial charge < -0.3 is 14.8 Å². The largest absolute Gasteiger partial charge is 0.353 e. The highest BCUT2D eigenvalue weighted by atomic mass is 16.2. The molecule has 0 unspecified atom stereocenters. The van der Waals surface area contributed by atoms with Gasteiger partial charge in [0.25, 0.3) is 0 Å². The maximum atomic E-state index is 11.5. The number of carbonyl (C=O) groups excluding carboxylic acids is 2. The minimum atomic E-state index is -0.322. The van der Waals surface area contributed by atoms with E-state index in [0.717, 1.165) is 0 Å². The van der Waals surface area contributed by atoms with Crippen molar-refractivity contribution in [2.45, 2.75) is 13.8 Å². The molecule has 1 aromatic rings. The molecule has 0 saturated carbocycles. The van der Waals surface area contributed by atoms with Crippen molar-refractivity contribution in [1.82, 2.24) is 14.8 Å². The number of rotatable bonds is 2. The summed E-state index contributed by atoms with van der Waals surface area (Å²) in [7, 11) is 6.57. The molecule has 0 radical (unpaired) electrons. The Balaban J connectivity index is 2.96. The molecule has 0 spiro atoms. The Labute approximate surface area is 124 Å². The van der Waals surface area contributed by atoms with Gasteiger partial charge in [-0.2, -0.15) is 9.98 Å². The molecule has 0 aromatic carbocycles. The Kier molecular flexibility index (Phi) is 5.40. The van der Waals surface area contributed by atoms with E-state index in [0.29, 0.717) is 22.8 Å². The molecule has 0 saturated heterocycles. The van der Waals surface area contributed by atoms with Gasteiger partial charge in [0.1, 0.15) is 0 Å². The van der Waals surface area contributed by atoms with Crippen LogP contribution < -0.4 is 0 Å². The van der Waals surface area contributed by atoms with Gasteiger partial charge in [0.15, 0.2) is 0 Å². The highest BCUT2D eigenvalue weighted by Gasteiger charge is 2.09. The number of urea groups is 2. The van der Waals surface area contributed by atoms with E-state index in [4.69, 9.17) is 0 Å². The van der Waals surface area contributed by atoms with Gasteiger partial charge in [-0.05, 0) is 26.0 Å². The molecule has 7 heteroatoms. The molecule has 7 nitrogen and oxygen atoms in total. The van der Waals surface area contributed by atoms with Gasteiger partial charge in [-0.15, -0.1) is 0 Å². The Bertz CT molecular complexity index is 546. The lowest BCUT2D eigenvalue weighted by Crippen LogP contribution is -2.19. The summed E-state index contributed by atoms with van der Waals surface area (Å²) in [4.78, 5) is 36.9. The van der Waals surface area contributed by atoms with E-state index >= 15 is 0 Å². The Morgan fingerprint density at radius 3 is 1.48 bits per heavy atom. The average Bonchev–Trinajstić information content (AvgIpc) is 2.87. The Morgan fingerprint density at radius 2 is 1.19 bits per heavy atom. The summed E-state index contributed by atoms with van der Waals surface area (Å²) in [6.07, 6.45) is 0. The van der Waals surface area contributed by atoms with Crippen molar-refractivity contribution in [1.29, 1.82) is 0 Å². The number of amides is 4. The first-order valence-corrected chi connectivity index (χ1v) is 6.45. The van der Waals surface area contributed by atoms with Crippen molar-refractivity contribution in [3.63, 3.8) is 0 Å². The first kappa shape index (κ1) is 16.6. The molecule has 114 valence electrons. The maximum absolute atomic E-state index is 11.5. The van der Waals surface area contributed by atoms with E-state index in [1.165, 1.54) is 9.80 Å². The van der Waals surface area contributed by atoms with Gasteiger partial charge in [0.05, 0.1) is 22.8 Å². The number of H-pyrrole nitrogens is 1. The van der Waals surface area contributed by atoms with Crippen LogP contribution in [0.5, 0.6) is 0 Å². The minimum Gasteiger partial charge on any atom is -0.353 e. The molecule has 0 aliphatic rings. The van der Waals surface area contributed by atoms with E-state index in [-0.39, 0.29) is 12.1 Å². The van der Waals surface area contributed by atoms with Gasteiger partial charge in [0, 0.05) is 28.2 Å². The molecule has 0 fully saturated rings. The van der Waals surface area contributed by atoms with Crippen LogP contribution in [-0.2, 0) is 0 Å². The van der Waals surface area contributed by atoms with Crippen LogP contribution in [0.1, 0.15) is 25.2 Å². The Hall–Kier alpha value is -2.44. The third-order valence-electron chi connectivity index (χ3n) is 2.76. The molecular formula is C14H21N5O2. The van der Waals surface area contributed by atoms with E-state index < -0.39 is 0 Å². The molecular weight excluding hydrogens is 270 g/mol. The lowest BCUT2D eigenvalue weighted by atomic mass is 10.3. The summed E-state index contributed by atoms with van der Waals surface area (Å²) < 4.78 is 0. The van der Waals surface area contributed by atoms with Crippen LogP contribution in [0.3, 0.4) is 0 Å². The normalized spacial score (nSPS) is 12.3. The third kappa shape index (κ3) is 4.55. The first-order valence-electron chi connectivity index (χ1n) is 6.45. The predicted octanol–water partition coefficient (Wildman–Crippen LogP) is 2.00. The van der Waals surface area contributed by atoms with Crippen LogP contribution in [0.15, 0.2) is 22.1 Å². The second-order valence-corrected chi connectivity index (χ2v) is 5.03. The number of aliphatic imine (C=N–C) groups is 2. The SMILES string of the molecule is CC(=NC(=O)N(C)C)c1ccc(/C(C)=N/C(=O)N(C)C)[nH]1. The fourth-order valence-electron chi connectivity index (χ4n) is 1.42. The molecule has 0 atom stereocenters. The highest BCUT2D eigenvalue weighted by molar-refractivity contribution is 6.07. The molecule has 21 heavy (non-hydrogen) atoms. The van der Waals surface area contributed by atoms with Crippen LogP contribution in [0.25, 0.3) is 0 Å². The van der Waals surface area contributed by atoms with Gasteiger partial charge in [0.2, 0.25) is 0 Å². The van der Waals surface area contributed by atoms with Gasteiger partial charge in [-0.25, -0.2) is 9.59 Å². The summed E-state index contributed by atoms with van der Waals surface area (Å²) in [5.41, 5.74) is 2.58. The molecule has 1 aromatic heterocycles. The van der Waals surface area contributed by atoms with Crippen molar-refractivity contribution >= 4 is 23.5 Å². The molecule has 0 aliphatic carbocycles. The van der Waals surface area contributed by atoms with Crippen LogP contribution in [-0.4, -0.2) is 66.5 Å². The summed E-state index contributed by atoms with van der Waals surface area (Å²) in [5.74, 6) is 0. The lowest BCUT2D eigenvalue weighted by Gasteiger charge is -2.06. The zero-order valence-corrected chi connectivity index (χ0v) is 13.3. The molecule has 1 heterocycles. The number of hydrogen-bond acceptors (Lipinski definition) is 2. The monoisotopic (exact) mass is 291 g/mol. The lowest BCUT2D eigenvalue weighted by molar-refractivity contribution is 0.226. The first-order chi connectivity index (χ1) is 9.72. The van der Waals surface area contributed by atoms with Crippen molar-refractivity contribution in [2.24, 2.45) is 9.98 Å². The number of nitrogens with one attached hydrogen (secondary N) is 1. The van der Waals surface area contributed by atoms with Gasteiger partial charge >= 0.3 is 12.1 Å². The van der Waals surface area contributed by atoms with E-state index in [1.807, 2.05) is 0 Å². The molecule has 0 bridgehead atoms. The van der Waals surface area contributed by atoms with Crippen molar-refractivity contribution in [2.75, 3.05) is 28.2 Å². The molecule has 4 amide bonds. The smallest absolute Gasteiger partial charge is 0.343 e. The molecule has 1 N–H and O–H groups in total. The van der Waals surface area contributed by atoms with Crippen LogP contribution in [0.2, 0.25) is 0 Å². The summed E-state index contributed by atoms with van der Waals surface area (Å²) in [6, 6.07) is 2.96. The highest BCUT2D eigenvalue weighted by Crippen LogP contribution is 2.06. The number of aromatic amines is 1. The number of carbonyl (C=O) groups is 2. The van der Waals surface area contributed by atoms with Crippen molar-refractivity contribution in [3.8, 4) is 0 Å². The zero-order valence-electron chi connectivity index (χ0n) is 13.3. The maximum Gasteiger partial charge on any atom is 0.343 e. The van der Waals surface area contributed by atoms with Crippen LogP contribution >= 0.6 is 0 Å². The number of nitrogens with zero attached hydrogens (tertiary/aromatic N) is 4. The van der Waals surface area contributed by atoms with Crippen LogP contribution in [0.4, 0.5) is 9.59 Å². The predicted molar refractivity (Wildman–Crippen MR) is 83.4 cm³/mol. The third-order valence-corrected chi connectivity index (χ3v) is 2.76. The van der Waals surface area contributed by atoms with Crippen molar-refractivity contribution in [3.05, 3.63) is 23.5 Å². The molecule has 1 rings (SSSR count). The standard InChI is InChI=1S/C14H21N5O2/c1-9(15-13(20)18(3)4)11-7-8-12(17-11)10(2)16-14(21)19(5)6/h7-8,17H,1-6H3/b15-9+,16-10?. The summed E-state index contributed by atoms with van der Waals surface area (Å²) in [5, 5.41) is 0. The average molecular weight is 291 g/mol.